The molecule has 2 heterocycles. The van der Waals surface area contributed by atoms with Crippen molar-refractivity contribution >= 4 is 34.1 Å². The zero-order valence-electron chi connectivity index (χ0n) is 18.0. The van der Waals surface area contributed by atoms with Gasteiger partial charge in [-0.25, -0.2) is 9.67 Å². The molecule has 1 saturated carbocycles. The van der Waals surface area contributed by atoms with Gasteiger partial charge in [0.1, 0.15) is 5.69 Å². The van der Waals surface area contributed by atoms with E-state index in [1.165, 1.54) is 0 Å². The summed E-state index contributed by atoms with van der Waals surface area (Å²) < 4.78 is 66.1. The lowest BCUT2D eigenvalue weighted by Crippen LogP contribution is -2.41. The molecule has 4 rings (SSSR count). The monoisotopic (exact) mass is 501 g/mol. The number of aromatic nitrogens is 3. The zero-order valence-corrected chi connectivity index (χ0v) is 18.7. The third-order valence-electron chi connectivity index (χ3n) is 5.76. The number of fused-ring (bicyclic) bond motifs is 1. The van der Waals surface area contributed by atoms with Crippen LogP contribution in [0.5, 0.6) is 0 Å². The first kappa shape index (κ1) is 24.2. The molecular weight excluding hydrogens is 481 g/mol. The Labute approximate surface area is 196 Å². The molecule has 6 nitrogen and oxygen atoms in total. The molecule has 0 bridgehead atoms. The highest BCUT2D eigenvalue weighted by molar-refractivity contribution is 6.32. The van der Waals surface area contributed by atoms with Crippen LogP contribution in [-0.2, 0) is 6.18 Å². The third-order valence-corrected chi connectivity index (χ3v) is 6.03. The number of pyridine rings is 1. The molecule has 1 fully saturated rings. The van der Waals surface area contributed by atoms with Gasteiger partial charge in [0.15, 0.2) is 5.15 Å². The van der Waals surface area contributed by atoms with Gasteiger partial charge in [0.25, 0.3) is 5.91 Å². The fourth-order valence-corrected chi connectivity index (χ4v) is 4.38. The van der Waals surface area contributed by atoms with Gasteiger partial charge in [-0.3, -0.25) is 4.79 Å². The number of benzene rings is 1. The molecule has 182 valence electrons. The molecule has 3 aromatic rings. The topological polar surface area (TPSA) is 71.8 Å². The summed E-state index contributed by atoms with van der Waals surface area (Å²) in [5, 5.41) is 9.64. The van der Waals surface area contributed by atoms with Crippen LogP contribution >= 0.6 is 11.6 Å². The van der Waals surface area contributed by atoms with Crippen molar-refractivity contribution in [3.63, 3.8) is 0 Å². The van der Waals surface area contributed by atoms with Crippen LogP contribution in [0.4, 0.5) is 27.6 Å². The van der Waals surface area contributed by atoms with Crippen molar-refractivity contribution in [3.05, 3.63) is 52.4 Å². The molecule has 2 aromatic heterocycles. The molecule has 1 aliphatic rings. The maximum Gasteiger partial charge on any atom is 0.433 e. The summed E-state index contributed by atoms with van der Waals surface area (Å²) in [7, 11) is 0. The predicted molar refractivity (Wildman–Crippen MR) is 117 cm³/mol. The second-order valence-corrected chi connectivity index (χ2v) is 8.70. The number of aryl methyl sites for hydroxylation is 1. The lowest BCUT2D eigenvalue weighted by molar-refractivity contribution is -0.140. The van der Waals surface area contributed by atoms with Gasteiger partial charge in [0.2, 0.25) is 0 Å². The van der Waals surface area contributed by atoms with E-state index < -0.39 is 24.3 Å². The Morgan fingerprint density at radius 1 is 1.21 bits per heavy atom. The van der Waals surface area contributed by atoms with E-state index in [1.807, 2.05) is 6.92 Å². The molecule has 1 amide bonds. The number of nitrogens with one attached hydrogen (secondary N) is 2. The van der Waals surface area contributed by atoms with Crippen LogP contribution < -0.4 is 10.6 Å². The van der Waals surface area contributed by atoms with Crippen LogP contribution in [0.1, 0.15) is 53.8 Å². The molecule has 0 aliphatic heterocycles. The van der Waals surface area contributed by atoms with Crippen molar-refractivity contribution < 1.29 is 26.7 Å². The predicted octanol–water partition coefficient (Wildman–Crippen LogP) is 5.96. The normalized spacial score (nSPS) is 18.9. The molecular formula is C22H21ClF5N5O. The van der Waals surface area contributed by atoms with Gasteiger partial charge in [-0.05, 0) is 50.8 Å². The van der Waals surface area contributed by atoms with Gasteiger partial charge in [-0.2, -0.15) is 27.1 Å². The van der Waals surface area contributed by atoms with Crippen LogP contribution in [-0.4, -0.2) is 32.8 Å². The molecule has 34 heavy (non-hydrogen) atoms. The Balaban J connectivity index is 1.52. The van der Waals surface area contributed by atoms with Crippen molar-refractivity contribution in [3.8, 4) is 0 Å². The molecule has 0 spiro atoms. The second kappa shape index (κ2) is 9.36. The van der Waals surface area contributed by atoms with E-state index in [9.17, 15) is 26.7 Å². The number of rotatable bonds is 5. The Hall–Kier alpha value is -2.95. The average molecular weight is 502 g/mol. The SMILES string of the molecule is Cc1ccc2nc(C(F)(F)F)cc(N[C@H]3CCC[C@@H](NC(=O)c4cn(C(F)F)nc4Cl)C3)c2c1. The summed E-state index contributed by atoms with van der Waals surface area (Å²) in [5.74, 6) is -0.633. The first-order valence-corrected chi connectivity index (χ1v) is 11.0. The number of hydrogen-bond acceptors (Lipinski definition) is 4. The third kappa shape index (κ3) is 5.24. The molecule has 2 N–H and O–H groups in total. The minimum Gasteiger partial charge on any atom is -0.382 e. The lowest BCUT2D eigenvalue weighted by atomic mass is 9.90. The van der Waals surface area contributed by atoms with Crippen LogP contribution in [0, 0.1) is 6.92 Å². The summed E-state index contributed by atoms with van der Waals surface area (Å²) in [5.41, 5.74) is 0.279. The van der Waals surface area contributed by atoms with Gasteiger partial charge >= 0.3 is 12.7 Å². The van der Waals surface area contributed by atoms with Gasteiger partial charge in [0, 0.05) is 29.4 Å². The molecule has 1 aliphatic carbocycles. The molecule has 0 unspecified atom stereocenters. The van der Waals surface area contributed by atoms with Gasteiger partial charge in [0.05, 0.1) is 11.1 Å². The van der Waals surface area contributed by atoms with E-state index in [2.05, 4.69) is 20.7 Å². The van der Waals surface area contributed by atoms with Crippen molar-refractivity contribution in [2.45, 2.75) is 57.4 Å². The van der Waals surface area contributed by atoms with Gasteiger partial charge in [-0.1, -0.05) is 23.2 Å². The van der Waals surface area contributed by atoms with E-state index in [0.29, 0.717) is 41.4 Å². The van der Waals surface area contributed by atoms with Crippen molar-refractivity contribution in [1.29, 1.82) is 0 Å². The highest BCUT2D eigenvalue weighted by atomic mass is 35.5. The van der Waals surface area contributed by atoms with Gasteiger partial charge in [-0.15, -0.1) is 0 Å². The number of carbonyl (C=O) groups excluding carboxylic acids is 1. The van der Waals surface area contributed by atoms with E-state index >= 15 is 0 Å². The van der Waals surface area contributed by atoms with Crippen LogP contribution in [0.2, 0.25) is 5.15 Å². The summed E-state index contributed by atoms with van der Waals surface area (Å²) in [6.07, 6.45) is -1.25. The molecule has 1 aromatic carbocycles. The Morgan fingerprint density at radius 3 is 2.62 bits per heavy atom. The molecule has 2 atom stereocenters. The quantitative estimate of drug-likeness (QED) is 0.423. The fraction of sp³-hybridized carbons (Fsp3) is 0.409. The summed E-state index contributed by atoms with van der Waals surface area (Å²) >= 11 is 5.82. The largest absolute Gasteiger partial charge is 0.433 e. The number of nitrogens with zero attached hydrogens (tertiary/aromatic N) is 3. The summed E-state index contributed by atoms with van der Waals surface area (Å²) in [4.78, 5) is 16.3. The van der Waals surface area contributed by atoms with Crippen molar-refractivity contribution in [2.24, 2.45) is 0 Å². The fourth-order valence-electron chi connectivity index (χ4n) is 4.16. The number of anilines is 1. The number of alkyl halides is 5. The van der Waals surface area contributed by atoms with Crippen LogP contribution in [0.25, 0.3) is 10.9 Å². The minimum absolute atomic E-state index is 0.164. The summed E-state index contributed by atoms with van der Waals surface area (Å²) in [6.45, 7) is -1.09. The first-order valence-electron chi connectivity index (χ1n) is 10.6. The smallest absolute Gasteiger partial charge is 0.382 e. The van der Waals surface area contributed by atoms with E-state index in [1.54, 1.807) is 18.2 Å². The number of amides is 1. The van der Waals surface area contributed by atoms with E-state index in [-0.39, 0.29) is 28.3 Å². The van der Waals surface area contributed by atoms with Crippen molar-refractivity contribution in [1.82, 2.24) is 20.1 Å². The minimum atomic E-state index is -4.60. The standard InChI is InChI=1S/C22H21ClF5N5O/c1-11-5-6-16-14(7-11)17(9-18(31-16)22(26,27)28)29-12-3-2-4-13(8-12)30-20(34)15-10-33(21(24)25)32-19(15)23/h5-7,9-10,12-13,21H,2-4,8H2,1H3,(H,29,31)(H,30,34)/t12-,13+/m0/s1. The van der Waals surface area contributed by atoms with Crippen LogP contribution in [0.3, 0.4) is 0 Å². The average Bonchev–Trinajstić information content (AvgIpc) is 3.16. The highest BCUT2D eigenvalue weighted by Crippen LogP contribution is 2.35. The Kier molecular flexibility index (Phi) is 6.66. The Bertz CT molecular complexity index is 1210. The molecule has 0 radical (unpaired) electrons. The maximum absolute atomic E-state index is 13.4. The highest BCUT2D eigenvalue weighted by Gasteiger charge is 2.34. The molecule has 0 saturated heterocycles. The van der Waals surface area contributed by atoms with E-state index in [0.717, 1.165) is 17.8 Å². The second-order valence-electron chi connectivity index (χ2n) is 8.34. The zero-order chi connectivity index (χ0) is 24.6. The van der Waals surface area contributed by atoms with E-state index in [4.69, 9.17) is 11.6 Å². The van der Waals surface area contributed by atoms with Crippen LogP contribution in [0.15, 0.2) is 30.5 Å². The lowest BCUT2D eigenvalue weighted by Gasteiger charge is -2.31. The number of hydrogen-bond donors (Lipinski definition) is 2. The van der Waals surface area contributed by atoms with Crippen molar-refractivity contribution in [2.75, 3.05) is 5.32 Å². The number of halogens is 6. The van der Waals surface area contributed by atoms with Gasteiger partial charge < -0.3 is 10.6 Å². The first-order chi connectivity index (χ1) is 16.0. The number of carbonyl (C=O) groups is 1. The summed E-state index contributed by atoms with van der Waals surface area (Å²) in [6, 6.07) is 5.50. The Morgan fingerprint density at radius 2 is 1.94 bits per heavy atom. The maximum atomic E-state index is 13.4. The molecule has 12 heteroatoms.